The fourth-order valence-electron chi connectivity index (χ4n) is 1.49. The van der Waals surface area contributed by atoms with Crippen molar-refractivity contribution < 1.29 is 9.21 Å². The van der Waals surface area contributed by atoms with Crippen LogP contribution in [0.4, 0.5) is 5.69 Å². The maximum Gasteiger partial charge on any atom is 0.241 e. The summed E-state index contributed by atoms with van der Waals surface area (Å²) in [4.78, 5) is 11.2. The maximum absolute atomic E-state index is 11.2. The van der Waals surface area contributed by atoms with E-state index >= 15 is 0 Å². The minimum absolute atomic E-state index is 0.112. The van der Waals surface area contributed by atoms with Crippen molar-refractivity contribution in [2.24, 2.45) is 0 Å². The molecule has 0 aliphatic heterocycles. The van der Waals surface area contributed by atoms with E-state index in [0.717, 1.165) is 5.69 Å². The summed E-state index contributed by atoms with van der Waals surface area (Å²) in [7, 11) is 1.58. The van der Waals surface area contributed by atoms with E-state index in [1.807, 2.05) is 6.07 Å². The second-order valence-corrected chi connectivity index (χ2v) is 3.83. The van der Waals surface area contributed by atoms with E-state index in [1.54, 1.807) is 31.6 Å². The number of anilines is 1. The van der Waals surface area contributed by atoms with Gasteiger partial charge in [0.15, 0.2) is 0 Å². The van der Waals surface area contributed by atoms with Gasteiger partial charge in [-0.05, 0) is 12.1 Å². The van der Waals surface area contributed by atoms with Crippen LogP contribution in [0.15, 0.2) is 28.9 Å². The number of nitriles is 1. The summed E-state index contributed by atoms with van der Waals surface area (Å²) in [6.07, 6.45) is 3.35. The Bertz CT molecular complexity index is 608. The number of amides is 1. The van der Waals surface area contributed by atoms with Crippen LogP contribution < -0.4 is 10.6 Å². The lowest BCUT2D eigenvalue weighted by Crippen LogP contribution is -2.23. The van der Waals surface area contributed by atoms with Gasteiger partial charge in [0.1, 0.15) is 18.4 Å². The van der Waals surface area contributed by atoms with Crippen LogP contribution >= 0.6 is 0 Å². The summed E-state index contributed by atoms with van der Waals surface area (Å²) >= 11 is 0. The standard InChI is InChI=1S/C12H13N5O2/c1-14-12(18)8-17-7-9(5-16-17)15-6-11-3-2-10(4-13)19-11/h2-3,5,7,15H,6,8H2,1H3,(H,14,18). The van der Waals surface area contributed by atoms with Crippen LogP contribution in [0.5, 0.6) is 0 Å². The lowest BCUT2D eigenvalue weighted by atomic mass is 10.4. The summed E-state index contributed by atoms with van der Waals surface area (Å²) in [6.45, 7) is 0.630. The number of furan rings is 1. The zero-order chi connectivity index (χ0) is 13.7. The molecule has 2 aromatic heterocycles. The first-order valence-corrected chi connectivity index (χ1v) is 5.67. The Hall–Kier alpha value is -2.75. The first-order valence-electron chi connectivity index (χ1n) is 5.67. The predicted octanol–water partition coefficient (Wildman–Crippen LogP) is 0.706. The van der Waals surface area contributed by atoms with Crippen molar-refractivity contribution in [1.29, 1.82) is 5.26 Å². The van der Waals surface area contributed by atoms with Crippen molar-refractivity contribution in [2.75, 3.05) is 12.4 Å². The van der Waals surface area contributed by atoms with Gasteiger partial charge in [0.05, 0.1) is 18.4 Å². The molecule has 0 saturated heterocycles. The van der Waals surface area contributed by atoms with E-state index in [0.29, 0.717) is 12.3 Å². The monoisotopic (exact) mass is 259 g/mol. The molecular weight excluding hydrogens is 246 g/mol. The Labute approximate surface area is 109 Å². The maximum atomic E-state index is 11.2. The number of nitrogens with zero attached hydrogens (tertiary/aromatic N) is 3. The van der Waals surface area contributed by atoms with Crippen LogP contribution in [0, 0.1) is 11.3 Å². The van der Waals surface area contributed by atoms with Gasteiger partial charge in [-0.15, -0.1) is 0 Å². The highest BCUT2D eigenvalue weighted by Gasteiger charge is 2.04. The molecule has 98 valence electrons. The van der Waals surface area contributed by atoms with E-state index in [1.165, 1.54) is 4.68 Å². The van der Waals surface area contributed by atoms with Crippen LogP contribution in [0.2, 0.25) is 0 Å². The number of likely N-dealkylation sites (N-methyl/N-ethyl adjacent to an activating group) is 1. The topological polar surface area (TPSA) is 95.9 Å². The van der Waals surface area contributed by atoms with Crippen molar-refractivity contribution in [1.82, 2.24) is 15.1 Å². The summed E-state index contributed by atoms with van der Waals surface area (Å²) < 4.78 is 6.76. The Morgan fingerprint density at radius 2 is 2.42 bits per heavy atom. The van der Waals surface area contributed by atoms with E-state index in [9.17, 15) is 4.79 Å². The molecule has 0 aliphatic rings. The molecule has 0 aromatic carbocycles. The molecule has 0 bridgehead atoms. The number of hydrogen-bond acceptors (Lipinski definition) is 5. The molecule has 0 aliphatic carbocycles. The SMILES string of the molecule is CNC(=O)Cn1cc(NCc2ccc(C#N)o2)cn1. The molecule has 19 heavy (non-hydrogen) atoms. The predicted molar refractivity (Wildman–Crippen MR) is 67.0 cm³/mol. The Morgan fingerprint density at radius 3 is 3.11 bits per heavy atom. The first-order chi connectivity index (χ1) is 9.21. The fourth-order valence-corrected chi connectivity index (χ4v) is 1.49. The van der Waals surface area contributed by atoms with Crippen LogP contribution in [-0.2, 0) is 17.9 Å². The normalized spacial score (nSPS) is 9.89. The molecule has 1 amide bonds. The highest BCUT2D eigenvalue weighted by Crippen LogP contribution is 2.10. The molecule has 0 fully saturated rings. The minimum atomic E-state index is -0.112. The molecule has 7 nitrogen and oxygen atoms in total. The van der Waals surface area contributed by atoms with Gasteiger partial charge in [0.25, 0.3) is 0 Å². The van der Waals surface area contributed by atoms with E-state index < -0.39 is 0 Å². The van der Waals surface area contributed by atoms with Crippen molar-refractivity contribution in [3.8, 4) is 6.07 Å². The van der Waals surface area contributed by atoms with Crippen LogP contribution in [0.3, 0.4) is 0 Å². The van der Waals surface area contributed by atoms with Crippen LogP contribution in [0.1, 0.15) is 11.5 Å². The molecule has 0 saturated carbocycles. The summed E-state index contributed by atoms with van der Waals surface area (Å²) in [5.74, 6) is 0.835. The number of hydrogen-bond donors (Lipinski definition) is 2. The van der Waals surface area contributed by atoms with Crippen LogP contribution in [-0.4, -0.2) is 22.7 Å². The van der Waals surface area contributed by atoms with Crippen molar-refractivity contribution in [3.05, 3.63) is 36.0 Å². The number of carbonyl (C=O) groups is 1. The van der Waals surface area contributed by atoms with Gasteiger partial charge in [0.2, 0.25) is 11.7 Å². The molecule has 0 atom stereocenters. The lowest BCUT2D eigenvalue weighted by Gasteiger charge is -2.00. The van der Waals surface area contributed by atoms with Crippen molar-refractivity contribution in [3.63, 3.8) is 0 Å². The molecule has 2 rings (SSSR count). The van der Waals surface area contributed by atoms with Gasteiger partial charge in [-0.3, -0.25) is 9.48 Å². The van der Waals surface area contributed by atoms with Gasteiger partial charge in [-0.25, -0.2) is 0 Å². The third-order valence-electron chi connectivity index (χ3n) is 2.46. The number of carbonyl (C=O) groups excluding carboxylic acids is 1. The summed E-state index contributed by atoms with van der Waals surface area (Å²) in [5.41, 5.74) is 0.777. The average Bonchev–Trinajstić information content (AvgIpc) is 3.05. The highest BCUT2D eigenvalue weighted by atomic mass is 16.3. The molecule has 7 heteroatoms. The number of aromatic nitrogens is 2. The first kappa shape index (κ1) is 12.7. The molecular formula is C12H13N5O2. The molecule has 0 spiro atoms. The van der Waals surface area contributed by atoms with Gasteiger partial charge in [-0.1, -0.05) is 0 Å². The Kier molecular flexibility index (Phi) is 3.83. The molecule has 2 heterocycles. The third-order valence-corrected chi connectivity index (χ3v) is 2.46. The molecule has 0 unspecified atom stereocenters. The molecule has 0 radical (unpaired) electrons. The molecule has 2 N–H and O–H groups in total. The molecule has 2 aromatic rings. The second-order valence-electron chi connectivity index (χ2n) is 3.83. The second kappa shape index (κ2) is 5.73. The van der Waals surface area contributed by atoms with Gasteiger partial charge < -0.3 is 15.1 Å². The van der Waals surface area contributed by atoms with E-state index in [4.69, 9.17) is 9.68 Å². The average molecular weight is 259 g/mol. The fraction of sp³-hybridized carbons (Fsp3) is 0.250. The number of nitrogens with one attached hydrogen (secondary N) is 2. The van der Waals surface area contributed by atoms with E-state index in [2.05, 4.69) is 15.7 Å². The number of rotatable bonds is 5. The largest absolute Gasteiger partial charge is 0.449 e. The summed E-state index contributed by atoms with van der Waals surface area (Å²) in [6, 6.07) is 5.28. The van der Waals surface area contributed by atoms with E-state index in [-0.39, 0.29) is 18.2 Å². The minimum Gasteiger partial charge on any atom is -0.449 e. The van der Waals surface area contributed by atoms with Crippen molar-refractivity contribution in [2.45, 2.75) is 13.1 Å². The Balaban J connectivity index is 1.90. The lowest BCUT2D eigenvalue weighted by molar-refractivity contribution is -0.121. The highest BCUT2D eigenvalue weighted by molar-refractivity contribution is 5.75. The van der Waals surface area contributed by atoms with Crippen LogP contribution in [0.25, 0.3) is 0 Å². The quantitative estimate of drug-likeness (QED) is 0.824. The summed E-state index contributed by atoms with van der Waals surface area (Å²) in [5, 5.41) is 18.3. The zero-order valence-corrected chi connectivity index (χ0v) is 10.4. The van der Waals surface area contributed by atoms with Gasteiger partial charge in [-0.2, -0.15) is 10.4 Å². The smallest absolute Gasteiger partial charge is 0.241 e. The zero-order valence-electron chi connectivity index (χ0n) is 10.4. The third kappa shape index (κ3) is 3.35. The van der Waals surface area contributed by atoms with Gasteiger partial charge in [0, 0.05) is 13.2 Å². The van der Waals surface area contributed by atoms with Gasteiger partial charge >= 0.3 is 0 Å². The Morgan fingerprint density at radius 1 is 1.58 bits per heavy atom. The van der Waals surface area contributed by atoms with Crippen molar-refractivity contribution >= 4 is 11.6 Å².